The van der Waals surface area contributed by atoms with Crippen molar-refractivity contribution in [1.82, 2.24) is 5.32 Å². The maximum atomic E-state index is 11.6. The van der Waals surface area contributed by atoms with Crippen LogP contribution in [0, 0.1) is 0 Å². The summed E-state index contributed by atoms with van der Waals surface area (Å²) in [7, 11) is 0. The zero-order chi connectivity index (χ0) is 15.2. The normalized spacial score (nSPS) is 14.3. The van der Waals surface area contributed by atoms with Crippen LogP contribution in [0.5, 0.6) is 11.5 Å². The molecule has 0 fully saturated rings. The molecule has 0 bridgehead atoms. The molecule has 0 saturated carbocycles. The number of rotatable bonds is 6. The van der Waals surface area contributed by atoms with Gasteiger partial charge >= 0.3 is 5.97 Å². The van der Waals surface area contributed by atoms with Crippen LogP contribution in [-0.2, 0) is 14.3 Å². The molecule has 1 amide bonds. The van der Waals surface area contributed by atoms with Crippen LogP contribution in [0.2, 0.25) is 0 Å². The second-order valence-corrected chi connectivity index (χ2v) is 4.58. The van der Waals surface area contributed by atoms with Crippen molar-refractivity contribution in [2.75, 3.05) is 26.4 Å². The summed E-state index contributed by atoms with van der Waals surface area (Å²) in [5.41, 5.74) is 0.867. The lowest BCUT2D eigenvalue weighted by atomic mass is 10.1. The first-order valence-electron chi connectivity index (χ1n) is 6.54. The van der Waals surface area contributed by atoms with Gasteiger partial charge in [0, 0.05) is 0 Å². The first kappa shape index (κ1) is 15.1. The molecular weight excluding hydrogens is 278 g/mol. The average molecular weight is 295 g/mol. The van der Waals surface area contributed by atoms with E-state index in [1.807, 2.05) is 19.1 Å². The highest BCUT2D eigenvalue weighted by Gasteiger charge is 2.15. The lowest BCUT2D eigenvalue weighted by molar-refractivity contribution is -0.143. The van der Waals surface area contributed by atoms with Crippen LogP contribution in [0.15, 0.2) is 18.2 Å². The fraction of sp³-hybridized carbons (Fsp3) is 0.429. The molecule has 1 atom stereocenters. The van der Waals surface area contributed by atoms with Crippen LogP contribution in [0.1, 0.15) is 18.5 Å². The second-order valence-electron chi connectivity index (χ2n) is 4.58. The minimum atomic E-state index is -1.11. The number of ether oxygens (including phenoxy) is 3. The van der Waals surface area contributed by atoms with E-state index in [1.54, 1.807) is 6.07 Å². The van der Waals surface area contributed by atoms with Gasteiger partial charge in [-0.05, 0) is 24.6 Å². The lowest BCUT2D eigenvalue weighted by Crippen LogP contribution is -2.31. The molecule has 0 radical (unpaired) electrons. The third kappa shape index (κ3) is 4.35. The summed E-state index contributed by atoms with van der Waals surface area (Å²) in [4.78, 5) is 21.9. The zero-order valence-electron chi connectivity index (χ0n) is 11.6. The molecule has 1 aromatic carbocycles. The van der Waals surface area contributed by atoms with Gasteiger partial charge in [-0.3, -0.25) is 4.79 Å². The van der Waals surface area contributed by atoms with Crippen molar-refractivity contribution in [2.45, 2.75) is 13.0 Å². The molecule has 1 aliphatic heterocycles. The van der Waals surface area contributed by atoms with Gasteiger partial charge in [0.25, 0.3) is 0 Å². The van der Waals surface area contributed by atoms with Crippen molar-refractivity contribution < 1.29 is 28.9 Å². The number of hydrogen-bond donors (Lipinski definition) is 2. The number of carbonyl (C=O) groups is 2. The predicted octanol–water partition coefficient (Wildman–Crippen LogP) is 0.736. The highest BCUT2D eigenvalue weighted by molar-refractivity contribution is 5.78. The van der Waals surface area contributed by atoms with E-state index in [0.717, 1.165) is 5.56 Å². The molecule has 2 rings (SSSR count). The molecule has 0 spiro atoms. The van der Waals surface area contributed by atoms with E-state index in [4.69, 9.17) is 19.3 Å². The molecule has 0 aliphatic carbocycles. The average Bonchev–Trinajstić information content (AvgIpc) is 2.46. The number of hydrogen-bond acceptors (Lipinski definition) is 5. The van der Waals surface area contributed by atoms with Gasteiger partial charge in [-0.2, -0.15) is 0 Å². The number of carbonyl (C=O) groups excluding carboxylic acids is 1. The minimum Gasteiger partial charge on any atom is -0.486 e. The monoisotopic (exact) mass is 295 g/mol. The molecule has 7 nitrogen and oxygen atoms in total. The van der Waals surface area contributed by atoms with E-state index in [0.29, 0.717) is 24.7 Å². The van der Waals surface area contributed by atoms with Gasteiger partial charge in [-0.1, -0.05) is 6.07 Å². The van der Waals surface area contributed by atoms with Gasteiger partial charge in [0.15, 0.2) is 11.5 Å². The molecule has 2 N–H and O–H groups in total. The molecule has 1 aliphatic rings. The van der Waals surface area contributed by atoms with Crippen LogP contribution < -0.4 is 14.8 Å². The fourth-order valence-corrected chi connectivity index (χ4v) is 1.93. The third-order valence-electron chi connectivity index (χ3n) is 2.90. The van der Waals surface area contributed by atoms with E-state index in [-0.39, 0.29) is 18.6 Å². The SMILES string of the molecule is CC(NC(=O)COCC(=O)O)c1ccc2c(c1)OCCO2. The van der Waals surface area contributed by atoms with Crippen LogP contribution >= 0.6 is 0 Å². The Bertz CT molecular complexity index is 530. The smallest absolute Gasteiger partial charge is 0.329 e. The highest BCUT2D eigenvalue weighted by Crippen LogP contribution is 2.32. The summed E-state index contributed by atoms with van der Waals surface area (Å²) < 4.78 is 15.6. The Morgan fingerprint density at radius 1 is 1.29 bits per heavy atom. The van der Waals surface area contributed by atoms with Gasteiger partial charge in [0.2, 0.25) is 5.91 Å². The van der Waals surface area contributed by atoms with Crippen molar-refractivity contribution in [3.8, 4) is 11.5 Å². The third-order valence-corrected chi connectivity index (χ3v) is 2.90. The number of carboxylic acid groups (broad SMARTS) is 1. The summed E-state index contributed by atoms with van der Waals surface area (Å²) in [5.74, 6) is -0.142. The fourth-order valence-electron chi connectivity index (χ4n) is 1.93. The van der Waals surface area contributed by atoms with Gasteiger partial charge < -0.3 is 24.6 Å². The topological polar surface area (TPSA) is 94.1 Å². The number of nitrogens with one attached hydrogen (secondary N) is 1. The van der Waals surface area contributed by atoms with Crippen molar-refractivity contribution in [2.24, 2.45) is 0 Å². The van der Waals surface area contributed by atoms with Gasteiger partial charge in [-0.15, -0.1) is 0 Å². The number of amides is 1. The largest absolute Gasteiger partial charge is 0.486 e. The van der Waals surface area contributed by atoms with Gasteiger partial charge in [-0.25, -0.2) is 4.79 Å². The molecule has 114 valence electrons. The van der Waals surface area contributed by atoms with Crippen molar-refractivity contribution in [1.29, 1.82) is 0 Å². The van der Waals surface area contributed by atoms with E-state index < -0.39 is 12.6 Å². The first-order valence-corrected chi connectivity index (χ1v) is 6.54. The minimum absolute atomic E-state index is 0.248. The van der Waals surface area contributed by atoms with E-state index in [2.05, 4.69) is 5.32 Å². The zero-order valence-corrected chi connectivity index (χ0v) is 11.6. The number of carboxylic acids is 1. The molecule has 1 aromatic rings. The van der Waals surface area contributed by atoms with Crippen molar-refractivity contribution in [3.63, 3.8) is 0 Å². The van der Waals surface area contributed by atoms with Gasteiger partial charge in [0.1, 0.15) is 26.4 Å². The van der Waals surface area contributed by atoms with Gasteiger partial charge in [0.05, 0.1) is 6.04 Å². The highest BCUT2D eigenvalue weighted by atomic mass is 16.6. The quantitative estimate of drug-likeness (QED) is 0.803. The van der Waals surface area contributed by atoms with Crippen LogP contribution in [0.25, 0.3) is 0 Å². The molecular formula is C14H17NO6. The van der Waals surface area contributed by atoms with Crippen LogP contribution in [0.3, 0.4) is 0 Å². The van der Waals surface area contributed by atoms with E-state index in [1.165, 1.54) is 0 Å². The Morgan fingerprint density at radius 2 is 2.00 bits per heavy atom. The second kappa shape index (κ2) is 6.94. The molecule has 1 heterocycles. The van der Waals surface area contributed by atoms with E-state index in [9.17, 15) is 9.59 Å². The van der Waals surface area contributed by atoms with Crippen molar-refractivity contribution in [3.05, 3.63) is 23.8 Å². The number of fused-ring (bicyclic) bond motifs is 1. The molecule has 0 aromatic heterocycles. The lowest BCUT2D eigenvalue weighted by Gasteiger charge is -2.21. The summed E-state index contributed by atoms with van der Waals surface area (Å²) in [6.45, 7) is 2.06. The number of aliphatic carboxylic acids is 1. The first-order chi connectivity index (χ1) is 10.1. The molecule has 21 heavy (non-hydrogen) atoms. The standard InChI is InChI=1S/C14H17NO6/c1-9(15-13(16)7-19-8-14(17)18)10-2-3-11-12(6-10)21-5-4-20-11/h2-3,6,9H,4-5,7-8H2,1H3,(H,15,16)(H,17,18). The Balaban J connectivity index is 1.89. The van der Waals surface area contributed by atoms with E-state index >= 15 is 0 Å². The summed E-state index contributed by atoms with van der Waals surface area (Å²) in [6, 6.07) is 5.21. The summed E-state index contributed by atoms with van der Waals surface area (Å²) in [5, 5.41) is 11.1. The number of benzene rings is 1. The Labute approximate surface area is 121 Å². The Hall–Kier alpha value is -2.28. The predicted molar refractivity (Wildman–Crippen MR) is 72.4 cm³/mol. The molecule has 0 saturated heterocycles. The van der Waals surface area contributed by atoms with Crippen LogP contribution in [-0.4, -0.2) is 43.4 Å². The maximum absolute atomic E-state index is 11.6. The maximum Gasteiger partial charge on any atom is 0.329 e. The summed E-state index contributed by atoms with van der Waals surface area (Å²) >= 11 is 0. The Kier molecular flexibility index (Phi) is 4.99. The van der Waals surface area contributed by atoms with Crippen molar-refractivity contribution >= 4 is 11.9 Å². The van der Waals surface area contributed by atoms with Crippen LogP contribution in [0.4, 0.5) is 0 Å². The Morgan fingerprint density at radius 3 is 2.71 bits per heavy atom. The molecule has 7 heteroatoms. The summed E-state index contributed by atoms with van der Waals surface area (Å²) in [6.07, 6.45) is 0. The molecule has 1 unspecified atom stereocenters.